The molecule has 0 spiro atoms. The van der Waals surface area contributed by atoms with Gasteiger partial charge in [-0.3, -0.25) is 4.79 Å². The van der Waals surface area contributed by atoms with E-state index in [1.807, 2.05) is 6.07 Å². The van der Waals surface area contributed by atoms with Crippen LogP contribution in [0.5, 0.6) is 5.75 Å². The number of nitrogens with one attached hydrogen (secondary N) is 1. The van der Waals surface area contributed by atoms with E-state index in [0.29, 0.717) is 12.3 Å². The number of para-hydroxylation sites is 1. The lowest BCUT2D eigenvalue weighted by atomic mass is 10.2. The monoisotopic (exact) mass is 352 g/mol. The molecule has 0 saturated carbocycles. The second kappa shape index (κ2) is 7.19. The Bertz CT molecular complexity index is 649. The summed E-state index contributed by atoms with van der Waals surface area (Å²) in [4.78, 5) is 11.8. The third kappa shape index (κ3) is 4.27. The average molecular weight is 353 g/mol. The van der Waals surface area contributed by atoms with E-state index in [0.717, 1.165) is 10.0 Å². The number of nitrogens with two attached hydrogens (primary N) is 1. The second-order valence-electron chi connectivity index (χ2n) is 4.27. The summed E-state index contributed by atoms with van der Waals surface area (Å²) in [6.07, 6.45) is 0. The van der Waals surface area contributed by atoms with Gasteiger partial charge in [0.05, 0.1) is 5.69 Å². The van der Waals surface area contributed by atoms with Crippen molar-refractivity contribution in [3.8, 4) is 5.75 Å². The van der Waals surface area contributed by atoms with Crippen LogP contribution in [0.4, 0.5) is 10.1 Å². The summed E-state index contributed by atoms with van der Waals surface area (Å²) in [6, 6.07) is 11.3. The molecule has 2 rings (SSSR count). The highest BCUT2D eigenvalue weighted by Gasteiger charge is 2.09. The van der Waals surface area contributed by atoms with Crippen LogP contribution in [0.15, 0.2) is 46.9 Å². The van der Waals surface area contributed by atoms with Crippen molar-refractivity contribution in [2.75, 3.05) is 11.9 Å². The molecule has 1 amide bonds. The first kappa shape index (κ1) is 15.5. The summed E-state index contributed by atoms with van der Waals surface area (Å²) in [7, 11) is 0. The number of benzene rings is 2. The SMILES string of the molecule is NCc1cc(Br)ccc1OCC(=O)Nc1ccccc1F. The van der Waals surface area contributed by atoms with Crippen LogP contribution in [0.25, 0.3) is 0 Å². The summed E-state index contributed by atoms with van der Waals surface area (Å²) < 4.78 is 19.7. The van der Waals surface area contributed by atoms with Gasteiger partial charge in [-0.1, -0.05) is 28.1 Å². The molecule has 2 aromatic carbocycles. The van der Waals surface area contributed by atoms with E-state index in [4.69, 9.17) is 10.5 Å². The van der Waals surface area contributed by atoms with E-state index < -0.39 is 11.7 Å². The van der Waals surface area contributed by atoms with Gasteiger partial charge in [-0.2, -0.15) is 0 Å². The molecule has 6 heteroatoms. The Morgan fingerprint density at radius 1 is 1.29 bits per heavy atom. The highest BCUT2D eigenvalue weighted by atomic mass is 79.9. The Labute approximate surface area is 130 Å². The van der Waals surface area contributed by atoms with Gasteiger partial charge in [0.1, 0.15) is 11.6 Å². The molecule has 0 radical (unpaired) electrons. The molecular weight excluding hydrogens is 339 g/mol. The van der Waals surface area contributed by atoms with Crippen LogP contribution in [0.2, 0.25) is 0 Å². The standard InChI is InChI=1S/C15H14BrFN2O2/c16-11-5-6-14(10(7-11)8-18)21-9-15(20)19-13-4-2-1-3-12(13)17/h1-7H,8-9,18H2,(H,19,20). The number of hydrogen-bond acceptors (Lipinski definition) is 3. The minimum Gasteiger partial charge on any atom is -0.483 e. The summed E-state index contributed by atoms with van der Waals surface area (Å²) in [5.74, 6) is -0.396. The smallest absolute Gasteiger partial charge is 0.262 e. The predicted octanol–water partition coefficient (Wildman–Crippen LogP) is 3.06. The number of anilines is 1. The van der Waals surface area contributed by atoms with Crippen LogP contribution >= 0.6 is 15.9 Å². The van der Waals surface area contributed by atoms with Crippen LogP contribution in [0.3, 0.4) is 0 Å². The molecule has 0 aliphatic heterocycles. The van der Waals surface area contributed by atoms with Crippen molar-refractivity contribution >= 4 is 27.5 Å². The highest BCUT2D eigenvalue weighted by molar-refractivity contribution is 9.10. The van der Waals surface area contributed by atoms with Crippen molar-refractivity contribution in [1.29, 1.82) is 0 Å². The average Bonchev–Trinajstić information content (AvgIpc) is 2.48. The highest BCUT2D eigenvalue weighted by Crippen LogP contribution is 2.22. The van der Waals surface area contributed by atoms with Crippen molar-refractivity contribution < 1.29 is 13.9 Å². The van der Waals surface area contributed by atoms with Crippen molar-refractivity contribution in [2.24, 2.45) is 5.73 Å². The first-order valence-electron chi connectivity index (χ1n) is 6.26. The van der Waals surface area contributed by atoms with E-state index >= 15 is 0 Å². The number of carbonyl (C=O) groups excluding carboxylic acids is 1. The van der Waals surface area contributed by atoms with Gasteiger partial charge in [0.2, 0.25) is 0 Å². The zero-order valence-corrected chi connectivity index (χ0v) is 12.7. The third-order valence-corrected chi connectivity index (χ3v) is 3.24. The van der Waals surface area contributed by atoms with Crippen LogP contribution in [-0.4, -0.2) is 12.5 Å². The molecule has 0 aliphatic carbocycles. The molecule has 0 atom stereocenters. The van der Waals surface area contributed by atoms with Crippen molar-refractivity contribution in [3.05, 3.63) is 58.3 Å². The second-order valence-corrected chi connectivity index (χ2v) is 5.19. The number of halogens is 2. The molecule has 3 N–H and O–H groups in total. The fourth-order valence-electron chi connectivity index (χ4n) is 1.74. The fourth-order valence-corrected chi connectivity index (χ4v) is 2.15. The largest absolute Gasteiger partial charge is 0.483 e. The van der Waals surface area contributed by atoms with Crippen LogP contribution in [0, 0.1) is 5.82 Å². The molecule has 0 saturated heterocycles. The van der Waals surface area contributed by atoms with Gasteiger partial charge in [0.15, 0.2) is 6.61 Å². The van der Waals surface area contributed by atoms with E-state index in [1.165, 1.54) is 12.1 Å². The quantitative estimate of drug-likeness (QED) is 0.868. The number of ether oxygens (including phenoxy) is 1. The molecule has 0 aliphatic rings. The summed E-state index contributed by atoms with van der Waals surface area (Å²) in [6.45, 7) is 0.0761. The van der Waals surface area contributed by atoms with Crippen LogP contribution < -0.4 is 15.8 Å². The molecule has 21 heavy (non-hydrogen) atoms. The molecule has 0 heterocycles. The van der Waals surface area contributed by atoms with Crippen molar-refractivity contribution in [3.63, 3.8) is 0 Å². The third-order valence-electron chi connectivity index (χ3n) is 2.75. The predicted molar refractivity (Wildman–Crippen MR) is 82.6 cm³/mol. The Morgan fingerprint density at radius 2 is 2.05 bits per heavy atom. The number of amides is 1. The molecule has 4 nitrogen and oxygen atoms in total. The molecule has 0 aromatic heterocycles. The summed E-state index contributed by atoms with van der Waals surface area (Å²) in [5, 5.41) is 2.45. The van der Waals surface area contributed by atoms with E-state index in [9.17, 15) is 9.18 Å². The normalized spacial score (nSPS) is 10.2. The molecule has 0 fully saturated rings. The van der Waals surface area contributed by atoms with Gasteiger partial charge in [-0.25, -0.2) is 4.39 Å². The molecule has 110 valence electrons. The Kier molecular flexibility index (Phi) is 5.30. The Balaban J connectivity index is 1.97. The Hall–Kier alpha value is -1.92. The molecule has 0 bridgehead atoms. The number of carbonyl (C=O) groups is 1. The van der Waals surface area contributed by atoms with Crippen molar-refractivity contribution in [2.45, 2.75) is 6.54 Å². The van der Waals surface area contributed by atoms with Gasteiger partial charge in [-0.15, -0.1) is 0 Å². The molecule has 0 unspecified atom stereocenters. The van der Waals surface area contributed by atoms with E-state index in [2.05, 4.69) is 21.2 Å². The van der Waals surface area contributed by atoms with E-state index in [-0.39, 0.29) is 12.3 Å². The molecule has 2 aromatic rings. The summed E-state index contributed by atoms with van der Waals surface area (Å²) in [5.41, 5.74) is 6.52. The van der Waals surface area contributed by atoms with Gasteiger partial charge >= 0.3 is 0 Å². The number of rotatable bonds is 5. The lowest BCUT2D eigenvalue weighted by Crippen LogP contribution is -2.21. The fraction of sp³-hybridized carbons (Fsp3) is 0.133. The minimum absolute atomic E-state index is 0.126. The maximum absolute atomic E-state index is 13.4. The maximum Gasteiger partial charge on any atom is 0.262 e. The van der Waals surface area contributed by atoms with Gasteiger partial charge < -0.3 is 15.8 Å². The molecular formula is C15H14BrFN2O2. The Morgan fingerprint density at radius 3 is 2.76 bits per heavy atom. The number of hydrogen-bond donors (Lipinski definition) is 2. The van der Waals surface area contributed by atoms with Crippen LogP contribution in [0.1, 0.15) is 5.56 Å². The van der Waals surface area contributed by atoms with Gasteiger partial charge in [0, 0.05) is 16.6 Å². The first-order valence-corrected chi connectivity index (χ1v) is 7.05. The lowest BCUT2D eigenvalue weighted by molar-refractivity contribution is -0.118. The summed E-state index contributed by atoms with van der Waals surface area (Å²) >= 11 is 3.34. The topological polar surface area (TPSA) is 64.3 Å². The van der Waals surface area contributed by atoms with Gasteiger partial charge in [-0.05, 0) is 30.3 Å². The lowest BCUT2D eigenvalue weighted by Gasteiger charge is -2.11. The van der Waals surface area contributed by atoms with Crippen LogP contribution in [-0.2, 0) is 11.3 Å². The van der Waals surface area contributed by atoms with E-state index in [1.54, 1.807) is 24.3 Å². The van der Waals surface area contributed by atoms with Gasteiger partial charge in [0.25, 0.3) is 5.91 Å². The zero-order valence-electron chi connectivity index (χ0n) is 11.1. The zero-order chi connectivity index (χ0) is 15.2. The van der Waals surface area contributed by atoms with Crippen molar-refractivity contribution in [1.82, 2.24) is 0 Å². The maximum atomic E-state index is 13.4. The first-order chi connectivity index (χ1) is 10.1. The minimum atomic E-state index is -0.489.